The normalized spacial score (nSPS) is 11.1. The van der Waals surface area contributed by atoms with E-state index < -0.39 is 23.7 Å². The molecule has 0 fully saturated rings. The summed E-state index contributed by atoms with van der Waals surface area (Å²) in [5, 5.41) is 12.1. The van der Waals surface area contributed by atoms with Crippen LogP contribution in [-0.4, -0.2) is 22.2 Å². The Morgan fingerprint density at radius 2 is 1.76 bits per heavy atom. The lowest BCUT2D eigenvalue weighted by molar-refractivity contribution is -0.755. The van der Waals surface area contributed by atoms with Gasteiger partial charge in [0.2, 0.25) is 24.5 Å². The first-order valence-electron chi connectivity index (χ1n) is 10.7. The number of carbonyl (C=O) groups excluding carboxylic acids is 2. The number of hydrogen-bond donors (Lipinski definition) is 2. The Labute approximate surface area is 216 Å². The number of amides is 3. The number of aromatic nitrogens is 3. The second kappa shape index (κ2) is 11.2. The molecule has 0 aliphatic carbocycles. The van der Waals surface area contributed by atoms with Crippen molar-refractivity contribution in [3.63, 3.8) is 0 Å². The highest BCUT2D eigenvalue weighted by atomic mass is 79.9. The van der Waals surface area contributed by atoms with E-state index in [1.54, 1.807) is 48.7 Å². The van der Waals surface area contributed by atoms with Crippen LogP contribution in [0.3, 0.4) is 0 Å². The van der Waals surface area contributed by atoms with E-state index in [0.717, 1.165) is 16.6 Å². The quantitative estimate of drug-likeness (QED) is 0.278. The van der Waals surface area contributed by atoms with Crippen molar-refractivity contribution in [1.82, 2.24) is 10.3 Å². The molecule has 0 unspecified atom stereocenters. The van der Waals surface area contributed by atoms with Crippen molar-refractivity contribution in [2.75, 3.05) is 10.6 Å². The van der Waals surface area contributed by atoms with E-state index in [-0.39, 0.29) is 30.2 Å². The predicted molar refractivity (Wildman–Crippen MR) is 130 cm³/mol. The third-order valence-corrected chi connectivity index (χ3v) is 5.30. The van der Waals surface area contributed by atoms with E-state index in [9.17, 15) is 22.8 Å². The minimum atomic E-state index is -4.71. The largest absolute Gasteiger partial charge is 0.424 e. The molecule has 0 aliphatic rings. The van der Waals surface area contributed by atoms with Crippen LogP contribution in [0.15, 0.2) is 82.1 Å². The fraction of sp³-hybridized carbons (Fsp3) is 0.125. The lowest BCUT2D eigenvalue weighted by atomic mass is 10.1. The highest BCUT2D eigenvalue weighted by Crippen LogP contribution is 2.34. The number of alkyl halides is 3. The van der Waals surface area contributed by atoms with E-state index in [2.05, 4.69) is 42.1 Å². The zero-order chi connectivity index (χ0) is 26.4. The van der Waals surface area contributed by atoms with Crippen molar-refractivity contribution in [2.45, 2.75) is 19.1 Å². The Bertz CT molecular complexity index is 1400. The van der Waals surface area contributed by atoms with Crippen LogP contribution in [0.1, 0.15) is 16.8 Å². The van der Waals surface area contributed by atoms with Gasteiger partial charge in [-0.1, -0.05) is 30.3 Å². The third-order valence-electron chi connectivity index (χ3n) is 4.83. The van der Waals surface area contributed by atoms with Crippen LogP contribution in [0.2, 0.25) is 0 Å². The molecule has 4 aromatic rings. The van der Waals surface area contributed by atoms with Gasteiger partial charge in [-0.25, -0.2) is 0 Å². The molecule has 2 aromatic heterocycles. The molecule has 3 amide bonds. The van der Waals surface area contributed by atoms with Gasteiger partial charge in [-0.05, 0) is 62.2 Å². The van der Waals surface area contributed by atoms with Gasteiger partial charge in [-0.3, -0.25) is 14.6 Å². The number of urea groups is 1. The lowest BCUT2D eigenvalue weighted by Gasteiger charge is -2.18. The second-order valence-corrected chi connectivity index (χ2v) is 8.67. The summed E-state index contributed by atoms with van der Waals surface area (Å²) in [6.07, 6.45) is -1.80. The highest BCUT2D eigenvalue weighted by Gasteiger charge is 2.31. The summed E-state index contributed by atoms with van der Waals surface area (Å²) < 4.78 is 47.5. The molecule has 0 radical (unpaired) electrons. The van der Waals surface area contributed by atoms with Crippen LogP contribution in [0.5, 0.6) is 0 Å². The smallest absolute Gasteiger partial charge is 0.416 e. The molecule has 13 heteroatoms. The van der Waals surface area contributed by atoms with Gasteiger partial charge >= 0.3 is 6.18 Å². The van der Waals surface area contributed by atoms with E-state index in [0.29, 0.717) is 11.3 Å². The second-order valence-electron chi connectivity index (χ2n) is 7.75. The minimum Gasteiger partial charge on any atom is -0.424 e. The van der Waals surface area contributed by atoms with Crippen LogP contribution >= 0.6 is 15.9 Å². The first kappa shape index (κ1) is 25.8. The van der Waals surface area contributed by atoms with Crippen LogP contribution in [0, 0.1) is 0 Å². The minimum absolute atomic E-state index is 0.0324. The molecule has 0 saturated carbocycles. The van der Waals surface area contributed by atoms with Crippen molar-refractivity contribution < 1.29 is 32.0 Å². The Balaban J connectivity index is 1.42. The molecular weight excluding hydrogens is 557 g/mol. The molecule has 0 saturated heterocycles. The summed E-state index contributed by atoms with van der Waals surface area (Å²) in [6.45, 7) is 0.244. The zero-order valence-corrected chi connectivity index (χ0v) is 20.5. The number of nitrogens with zero attached hydrogens (tertiary/aromatic N) is 4. The maximum Gasteiger partial charge on any atom is 0.416 e. The molecule has 0 bridgehead atoms. The molecule has 4 rings (SSSR count). The van der Waals surface area contributed by atoms with Gasteiger partial charge < -0.3 is 20.5 Å². The Morgan fingerprint density at radius 3 is 2.43 bits per heavy atom. The van der Waals surface area contributed by atoms with Gasteiger partial charge in [0, 0.05) is 16.4 Å². The topological polar surface area (TPSA) is 115 Å². The predicted octanol–water partition coefficient (Wildman–Crippen LogP) is 5.61. The van der Waals surface area contributed by atoms with E-state index in [1.165, 1.54) is 16.9 Å². The van der Waals surface area contributed by atoms with Crippen LogP contribution < -0.4 is 15.3 Å². The standard InChI is InChI=1S/C24H18BrF3N6O3/c25-17-6-7-18(29-12-17)13-34-14-22(37-33-34)32-23(36)31-20-10-16(24(26,27)28)9-19(11-20)30-21(35)8-15-4-2-1-3-5-15/h1-7,9-12,14H,8,13H2,(H2-,30,31,32,33,35,36). The maximum absolute atomic E-state index is 13.4. The molecule has 2 N–H and O–H groups in total. The molecule has 0 aliphatic heterocycles. The number of pyridine rings is 1. The highest BCUT2D eigenvalue weighted by molar-refractivity contribution is 9.10. The number of halogens is 4. The average Bonchev–Trinajstić information content (AvgIpc) is 3.26. The van der Waals surface area contributed by atoms with Gasteiger partial charge in [0.1, 0.15) is 5.69 Å². The van der Waals surface area contributed by atoms with Gasteiger partial charge in [0.25, 0.3) is 0 Å². The lowest BCUT2D eigenvalue weighted by Crippen LogP contribution is -2.35. The summed E-state index contributed by atoms with van der Waals surface area (Å²) in [4.78, 5) is 28.9. The first-order chi connectivity index (χ1) is 17.6. The van der Waals surface area contributed by atoms with Crippen LogP contribution in [0.4, 0.5) is 35.2 Å². The van der Waals surface area contributed by atoms with Crippen molar-refractivity contribution in [1.29, 1.82) is 0 Å². The fourth-order valence-electron chi connectivity index (χ4n) is 3.23. The Hall–Kier alpha value is -4.26. The molecule has 9 nitrogen and oxygen atoms in total. The van der Waals surface area contributed by atoms with E-state index in [1.807, 2.05) is 0 Å². The molecule has 2 heterocycles. The number of rotatable bonds is 7. The van der Waals surface area contributed by atoms with Crippen LogP contribution in [0.25, 0.3) is 5.32 Å². The van der Waals surface area contributed by atoms with E-state index in [4.69, 9.17) is 4.52 Å². The van der Waals surface area contributed by atoms with Gasteiger partial charge in [-0.2, -0.15) is 13.2 Å². The van der Waals surface area contributed by atoms with Crippen LogP contribution in [-0.2, 0) is 23.9 Å². The number of hydrogen-bond acceptors (Lipinski definition) is 5. The van der Waals surface area contributed by atoms with Gasteiger partial charge in [-0.15, -0.1) is 0 Å². The molecule has 37 heavy (non-hydrogen) atoms. The average molecular weight is 575 g/mol. The van der Waals surface area contributed by atoms with E-state index >= 15 is 0 Å². The van der Waals surface area contributed by atoms with Crippen molar-refractivity contribution >= 4 is 45.1 Å². The Kier molecular flexibility index (Phi) is 7.82. The van der Waals surface area contributed by atoms with Gasteiger partial charge in [0.15, 0.2) is 11.3 Å². The molecule has 190 valence electrons. The summed E-state index contributed by atoms with van der Waals surface area (Å²) in [5.74, 6) is -0.683. The number of anilines is 2. The monoisotopic (exact) mass is 574 g/mol. The maximum atomic E-state index is 13.4. The third kappa shape index (κ3) is 7.61. The van der Waals surface area contributed by atoms with Gasteiger partial charge in [0.05, 0.1) is 12.0 Å². The number of carbonyl (C=O) groups is 2. The number of benzene rings is 2. The fourth-order valence-corrected chi connectivity index (χ4v) is 3.47. The Morgan fingerprint density at radius 1 is 1.03 bits per heavy atom. The molecular formula is C24H18BrF3N6O3. The first-order valence-corrected chi connectivity index (χ1v) is 11.5. The van der Waals surface area contributed by atoms with Crippen molar-refractivity contribution in [2.24, 2.45) is 0 Å². The van der Waals surface area contributed by atoms with Crippen molar-refractivity contribution in [3.05, 3.63) is 99.7 Å². The zero-order valence-electron chi connectivity index (χ0n) is 18.9. The number of nitrogens with one attached hydrogen (secondary N) is 2. The molecule has 0 spiro atoms. The summed E-state index contributed by atoms with van der Waals surface area (Å²) in [7, 11) is 0. The summed E-state index contributed by atoms with van der Waals surface area (Å²) >= 11 is 3.29. The molecule has 0 atom stereocenters. The summed E-state index contributed by atoms with van der Waals surface area (Å²) in [5.41, 5.74) is -0.0433. The SMILES string of the molecule is O=C(Cc1ccccc1)Nc1cc(NC(=O)[N-]c2c[n+](Cc3ccc(Br)cn3)no2)cc(C(F)(F)F)c1. The molecule has 2 aromatic carbocycles. The van der Waals surface area contributed by atoms with Crippen molar-refractivity contribution in [3.8, 4) is 0 Å². The summed E-state index contributed by atoms with van der Waals surface area (Å²) in [6, 6.07) is 14.0.